The maximum absolute atomic E-state index is 10.3. The van der Waals surface area contributed by atoms with Crippen LogP contribution in [-0.4, -0.2) is 14.8 Å². The van der Waals surface area contributed by atoms with E-state index >= 15 is 0 Å². The van der Waals surface area contributed by atoms with Crippen molar-refractivity contribution in [3.8, 4) is 0 Å². The molecule has 0 saturated heterocycles. The standard InChI is InChI=1S/C4H4ClN3OS/c5-3(9)1-2-4(6)10-8-7-2/h1,6H2. The van der Waals surface area contributed by atoms with Gasteiger partial charge < -0.3 is 5.73 Å². The first-order valence-electron chi connectivity index (χ1n) is 2.45. The number of carbonyl (C=O) groups excluding carboxylic acids is 1. The summed E-state index contributed by atoms with van der Waals surface area (Å²) in [5.41, 5.74) is 5.83. The summed E-state index contributed by atoms with van der Waals surface area (Å²) in [6.07, 6.45) is 0.0594. The monoisotopic (exact) mass is 177 g/mol. The Morgan fingerprint density at radius 2 is 2.50 bits per heavy atom. The van der Waals surface area contributed by atoms with Crippen LogP contribution < -0.4 is 5.73 Å². The number of anilines is 1. The Morgan fingerprint density at radius 3 is 2.90 bits per heavy atom. The average Bonchev–Trinajstić information content (AvgIpc) is 2.15. The van der Waals surface area contributed by atoms with Crippen LogP contribution in [0.1, 0.15) is 5.69 Å². The second kappa shape index (κ2) is 2.94. The van der Waals surface area contributed by atoms with Gasteiger partial charge in [-0.2, -0.15) is 0 Å². The molecule has 1 heterocycles. The molecule has 54 valence electrons. The summed E-state index contributed by atoms with van der Waals surface area (Å²) in [5, 5.41) is 3.57. The molecule has 0 bridgehead atoms. The number of hydrogen-bond acceptors (Lipinski definition) is 5. The van der Waals surface area contributed by atoms with E-state index in [1.165, 1.54) is 0 Å². The molecule has 0 aromatic carbocycles. The Labute approximate surface area is 66.2 Å². The van der Waals surface area contributed by atoms with Gasteiger partial charge in [-0.15, -0.1) is 5.10 Å². The van der Waals surface area contributed by atoms with Gasteiger partial charge in [0.05, 0.1) is 6.42 Å². The molecule has 0 atom stereocenters. The number of hydrogen-bond donors (Lipinski definition) is 1. The van der Waals surface area contributed by atoms with Crippen LogP contribution in [0, 0.1) is 0 Å². The van der Waals surface area contributed by atoms with Crippen molar-refractivity contribution in [2.75, 3.05) is 5.73 Å². The molecule has 1 aromatic heterocycles. The van der Waals surface area contributed by atoms with Crippen LogP contribution in [0.5, 0.6) is 0 Å². The summed E-state index contributed by atoms with van der Waals surface area (Å²) in [6, 6.07) is 0. The molecule has 4 nitrogen and oxygen atoms in total. The molecule has 0 unspecified atom stereocenters. The maximum Gasteiger partial charge on any atom is 0.227 e. The van der Waals surface area contributed by atoms with Gasteiger partial charge in [0.15, 0.2) is 0 Å². The van der Waals surface area contributed by atoms with E-state index in [0.29, 0.717) is 10.7 Å². The normalized spacial score (nSPS) is 9.70. The number of nitrogens with two attached hydrogens (primary N) is 1. The van der Waals surface area contributed by atoms with Gasteiger partial charge in [-0.05, 0) is 11.6 Å². The van der Waals surface area contributed by atoms with E-state index in [4.69, 9.17) is 17.3 Å². The Hall–Kier alpha value is -0.680. The van der Waals surface area contributed by atoms with Crippen LogP contribution in [0.3, 0.4) is 0 Å². The number of nitrogen functional groups attached to an aromatic ring is 1. The van der Waals surface area contributed by atoms with Crippen LogP contribution in [0.25, 0.3) is 0 Å². The lowest BCUT2D eigenvalue weighted by Crippen LogP contribution is -1.97. The lowest BCUT2D eigenvalue weighted by molar-refractivity contribution is -0.111. The molecule has 0 radical (unpaired) electrons. The van der Waals surface area contributed by atoms with Crippen molar-refractivity contribution in [1.82, 2.24) is 9.59 Å². The largest absolute Gasteiger partial charge is 0.388 e. The number of carbonyl (C=O) groups is 1. The molecule has 10 heavy (non-hydrogen) atoms. The van der Waals surface area contributed by atoms with Crippen molar-refractivity contribution in [1.29, 1.82) is 0 Å². The highest BCUT2D eigenvalue weighted by Gasteiger charge is 2.06. The quantitative estimate of drug-likeness (QED) is 0.666. The van der Waals surface area contributed by atoms with Crippen LogP contribution >= 0.6 is 23.1 Å². The minimum Gasteiger partial charge on any atom is -0.388 e. The zero-order valence-corrected chi connectivity index (χ0v) is 6.45. The number of aromatic nitrogens is 2. The summed E-state index contributed by atoms with van der Waals surface area (Å²) in [4.78, 5) is 10.3. The Balaban J connectivity index is 2.74. The third kappa shape index (κ3) is 1.65. The molecule has 6 heteroatoms. The minimum atomic E-state index is -0.473. The third-order valence-corrected chi connectivity index (χ3v) is 1.62. The highest BCUT2D eigenvalue weighted by Crippen LogP contribution is 2.13. The Kier molecular flexibility index (Phi) is 2.18. The Morgan fingerprint density at radius 1 is 1.80 bits per heavy atom. The van der Waals surface area contributed by atoms with Crippen molar-refractivity contribution in [3.05, 3.63) is 5.69 Å². The first-order chi connectivity index (χ1) is 4.70. The van der Waals surface area contributed by atoms with Crippen molar-refractivity contribution in [3.63, 3.8) is 0 Å². The Bertz CT molecular complexity index is 248. The number of halogens is 1. The van der Waals surface area contributed by atoms with Crippen molar-refractivity contribution < 1.29 is 4.79 Å². The van der Waals surface area contributed by atoms with E-state index < -0.39 is 5.24 Å². The lowest BCUT2D eigenvalue weighted by Gasteiger charge is -1.87. The predicted octanol–water partition coefficient (Wildman–Crippen LogP) is 0.428. The van der Waals surface area contributed by atoms with Crippen LogP contribution in [0.15, 0.2) is 0 Å². The second-order valence-corrected chi connectivity index (χ2v) is 2.82. The van der Waals surface area contributed by atoms with Gasteiger partial charge in [-0.25, -0.2) is 0 Å². The van der Waals surface area contributed by atoms with E-state index in [1.807, 2.05) is 0 Å². The fourth-order valence-electron chi connectivity index (χ4n) is 0.470. The molecule has 0 spiro atoms. The van der Waals surface area contributed by atoms with Crippen LogP contribution in [0.4, 0.5) is 5.00 Å². The van der Waals surface area contributed by atoms with E-state index in [1.54, 1.807) is 0 Å². The van der Waals surface area contributed by atoms with Crippen LogP contribution in [0.2, 0.25) is 0 Å². The van der Waals surface area contributed by atoms with E-state index in [0.717, 1.165) is 11.5 Å². The molecule has 2 N–H and O–H groups in total. The maximum atomic E-state index is 10.3. The number of nitrogens with zero attached hydrogens (tertiary/aromatic N) is 2. The predicted molar refractivity (Wildman–Crippen MR) is 38.9 cm³/mol. The van der Waals surface area contributed by atoms with Gasteiger partial charge in [0.25, 0.3) is 0 Å². The molecule has 1 aromatic rings. The molecule has 0 aliphatic rings. The fraction of sp³-hybridized carbons (Fsp3) is 0.250. The van der Waals surface area contributed by atoms with Gasteiger partial charge in [0.2, 0.25) is 5.24 Å². The molecule has 0 saturated carbocycles. The molecule has 0 aliphatic heterocycles. The lowest BCUT2D eigenvalue weighted by atomic mass is 10.3. The molecule has 0 amide bonds. The zero-order valence-electron chi connectivity index (χ0n) is 4.87. The molecule has 1 rings (SSSR count). The van der Waals surface area contributed by atoms with Gasteiger partial charge in [-0.3, -0.25) is 4.79 Å². The topological polar surface area (TPSA) is 68.9 Å². The summed E-state index contributed by atoms with van der Waals surface area (Å²) in [5.74, 6) is 0. The zero-order chi connectivity index (χ0) is 7.56. The smallest absolute Gasteiger partial charge is 0.227 e. The first kappa shape index (κ1) is 7.43. The summed E-state index contributed by atoms with van der Waals surface area (Å²) >= 11 is 6.14. The van der Waals surface area contributed by atoms with E-state index in [9.17, 15) is 4.79 Å². The fourth-order valence-corrected chi connectivity index (χ4v) is 1.04. The van der Waals surface area contributed by atoms with Crippen molar-refractivity contribution in [2.24, 2.45) is 0 Å². The van der Waals surface area contributed by atoms with Crippen molar-refractivity contribution >= 4 is 33.4 Å². The molecule has 0 fully saturated rings. The van der Waals surface area contributed by atoms with Gasteiger partial charge >= 0.3 is 0 Å². The molecular formula is C4H4ClN3OS. The average molecular weight is 178 g/mol. The SMILES string of the molecule is Nc1snnc1CC(=O)Cl. The second-order valence-electron chi connectivity index (χ2n) is 1.62. The first-order valence-corrected chi connectivity index (χ1v) is 3.60. The van der Waals surface area contributed by atoms with Crippen molar-refractivity contribution in [2.45, 2.75) is 6.42 Å². The third-order valence-electron chi connectivity index (χ3n) is 0.892. The summed E-state index contributed by atoms with van der Waals surface area (Å²) in [7, 11) is 0. The van der Waals surface area contributed by atoms with Gasteiger partial charge in [-0.1, -0.05) is 4.49 Å². The summed E-state index contributed by atoms with van der Waals surface area (Å²) < 4.78 is 3.53. The van der Waals surface area contributed by atoms with E-state index in [-0.39, 0.29) is 6.42 Å². The minimum absolute atomic E-state index is 0.0594. The van der Waals surface area contributed by atoms with Gasteiger partial charge in [0.1, 0.15) is 10.7 Å². The van der Waals surface area contributed by atoms with Crippen LogP contribution in [-0.2, 0) is 11.2 Å². The van der Waals surface area contributed by atoms with E-state index in [2.05, 4.69) is 9.59 Å². The molecular weight excluding hydrogens is 174 g/mol. The summed E-state index contributed by atoms with van der Waals surface area (Å²) in [6.45, 7) is 0. The molecule has 0 aliphatic carbocycles. The number of rotatable bonds is 2. The van der Waals surface area contributed by atoms with Gasteiger partial charge in [0, 0.05) is 11.5 Å². The highest BCUT2D eigenvalue weighted by atomic mass is 35.5. The highest BCUT2D eigenvalue weighted by molar-refractivity contribution is 7.09.